The van der Waals surface area contributed by atoms with E-state index in [1.807, 2.05) is 6.92 Å². The number of hydrogen-bond donors (Lipinski definition) is 2. The van der Waals surface area contributed by atoms with E-state index in [2.05, 4.69) is 10.6 Å². The summed E-state index contributed by atoms with van der Waals surface area (Å²) in [5, 5.41) is 5.71. The van der Waals surface area contributed by atoms with Gasteiger partial charge in [-0.3, -0.25) is 10.2 Å². The first-order valence-electron chi connectivity index (χ1n) is 5.09. The topological polar surface area (TPSA) is 64.7 Å². The lowest BCUT2D eigenvalue weighted by Crippen LogP contribution is -2.69. The zero-order valence-electron chi connectivity index (χ0n) is 9.57. The van der Waals surface area contributed by atoms with Gasteiger partial charge in [0.1, 0.15) is 0 Å². The highest BCUT2D eigenvalue weighted by Gasteiger charge is 2.36. The Balaban J connectivity index is 2.79. The minimum absolute atomic E-state index is 0.137. The van der Waals surface area contributed by atoms with Gasteiger partial charge in [-0.05, 0) is 20.4 Å². The SMILES string of the molecule is CCNC1NC(=O)N(C(C)C)C(=O)N1C. The number of carbonyl (C=O) groups excluding carboxylic acids is 2. The van der Waals surface area contributed by atoms with Crippen LogP contribution in [0.15, 0.2) is 0 Å². The van der Waals surface area contributed by atoms with E-state index in [9.17, 15) is 9.59 Å². The molecule has 0 aromatic heterocycles. The van der Waals surface area contributed by atoms with Crippen molar-refractivity contribution < 1.29 is 9.59 Å². The molecule has 0 spiro atoms. The van der Waals surface area contributed by atoms with E-state index in [1.54, 1.807) is 20.9 Å². The Labute approximate surface area is 89.6 Å². The number of urea groups is 2. The van der Waals surface area contributed by atoms with Crippen LogP contribution in [0.5, 0.6) is 0 Å². The molecule has 4 amide bonds. The molecule has 1 aliphatic heterocycles. The van der Waals surface area contributed by atoms with Crippen LogP contribution in [0.25, 0.3) is 0 Å². The molecule has 86 valence electrons. The second-order valence-electron chi connectivity index (χ2n) is 3.77. The van der Waals surface area contributed by atoms with Crippen molar-refractivity contribution in [3.63, 3.8) is 0 Å². The average Bonchev–Trinajstić information content (AvgIpc) is 2.13. The van der Waals surface area contributed by atoms with Gasteiger partial charge in [-0.1, -0.05) is 6.92 Å². The Morgan fingerprint density at radius 2 is 2.07 bits per heavy atom. The fourth-order valence-corrected chi connectivity index (χ4v) is 1.49. The highest BCUT2D eigenvalue weighted by molar-refractivity contribution is 5.96. The van der Waals surface area contributed by atoms with Gasteiger partial charge in [0.05, 0.1) is 0 Å². The maximum absolute atomic E-state index is 11.8. The summed E-state index contributed by atoms with van der Waals surface area (Å²) < 4.78 is 0. The number of carbonyl (C=O) groups is 2. The van der Waals surface area contributed by atoms with Crippen LogP contribution in [0.4, 0.5) is 9.59 Å². The second-order valence-corrected chi connectivity index (χ2v) is 3.77. The molecule has 1 rings (SSSR count). The molecule has 6 nitrogen and oxygen atoms in total. The van der Waals surface area contributed by atoms with Gasteiger partial charge in [0.25, 0.3) is 0 Å². The van der Waals surface area contributed by atoms with Crippen molar-refractivity contribution in [3.8, 4) is 0 Å². The lowest BCUT2D eigenvalue weighted by atomic mass is 10.3. The van der Waals surface area contributed by atoms with Crippen LogP contribution >= 0.6 is 0 Å². The quantitative estimate of drug-likeness (QED) is 0.713. The third kappa shape index (κ3) is 2.20. The number of hydrogen-bond acceptors (Lipinski definition) is 3. The van der Waals surface area contributed by atoms with Crippen LogP contribution in [0.2, 0.25) is 0 Å². The van der Waals surface area contributed by atoms with Crippen LogP contribution in [-0.4, -0.2) is 47.8 Å². The van der Waals surface area contributed by atoms with Gasteiger partial charge in [0.15, 0.2) is 6.29 Å². The number of nitrogens with zero attached hydrogens (tertiary/aromatic N) is 2. The molecule has 0 radical (unpaired) electrons. The minimum atomic E-state index is -0.412. The van der Waals surface area contributed by atoms with E-state index < -0.39 is 6.29 Å². The first-order valence-corrected chi connectivity index (χ1v) is 5.09. The van der Waals surface area contributed by atoms with Crippen LogP contribution in [-0.2, 0) is 0 Å². The van der Waals surface area contributed by atoms with Crippen molar-refractivity contribution in [2.24, 2.45) is 0 Å². The number of amides is 4. The molecule has 1 fully saturated rings. The first-order chi connectivity index (χ1) is 6.99. The molecule has 0 aromatic rings. The van der Waals surface area contributed by atoms with Crippen LogP contribution in [0.1, 0.15) is 20.8 Å². The molecule has 1 atom stereocenters. The van der Waals surface area contributed by atoms with Crippen molar-refractivity contribution in [1.82, 2.24) is 20.4 Å². The highest BCUT2D eigenvalue weighted by Crippen LogP contribution is 2.10. The summed E-state index contributed by atoms with van der Waals surface area (Å²) in [6, 6.07) is -0.763. The van der Waals surface area contributed by atoms with Crippen molar-refractivity contribution in [3.05, 3.63) is 0 Å². The van der Waals surface area contributed by atoms with Crippen molar-refractivity contribution in [2.45, 2.75) is 33.1 Å². The molecular formula is C9H18N4O2. The summed E-state index contributed by atoms with van der Waals surface area (Å²) in [4.78, 5) is 26.1. The van der Waals surface area contributed by atoms with E-state index in [-0.39, 0.29) is 18.1 Å². The monoisotopic (exact) mass is 214 g/mol. The summed E-state index contributed by atoms with van der Waals surface area (Å²) in [6.07, 6.45) is -0.412. The van der Waals surface area contributed by atoms with Crippen LogP contribution < -0.4 is 10.6 Å². The summed E-state index contributed by atoms with van der Waals surface area (Å²) in [7, 11) is 1.66. The van der Waals surface area contributed by atoms with Crippen molar-refractivity contribution in [1.29, 1.82) is 0 Å². The molecule has 0 bridgehead atoms. The molecule has 1 aliphatic rings. The first kappa shape index (κ1) is 11.8. The summed E-state index contributed by atoms with van der Waals surface area (Å²) in [5.41, 5.74) is 0. The van der Waals surface area contributed by atoms with Crippen LogP contribution in [0.3, 0.4) is 0 Å². The average molecular weight is 214 g/mol. The molecule has 15 heavy (non-hydrogen) atoms. The van der Waals surface area contributed by atoms with Crippen LogP contribution in [0, 0.1) is 0 Å². The third-order valence-corrected chi connectivity index (χ3v) is 2.29. The highest BCUT2D eigenvalue weighted by atomic mass is 16.2. The Hall–Kier alpha value is -1.30. The molecule has 0 saturated carbocycles. The summed E-state index contributed by atoms with van der Waals surface area (Å²) in [6.45, 7) is 6.21. The predicted octanol–water partition coefficient (Wildman–Crippen LogP) is 0.365. The maximum Gasteiger partial charge on any atom is 0.330 e. The smallest absolute Gasteiger partial charge is 0.304 e. The van der Waals surface area contributed by atoms with E-state index in [0.29, 0.717) is 6.54 Å². The van der Waals surface area contributed by atoms with E-state index in [1.165, 1.54) is 9.80 Å². The summed E-state index contributed by atoms with van der Waals surface area (Å²) in [5.74, 6) is 0. The molecule has 6 heteroatoms. The van der Waals surface area contributed by atoms with Gasteiger partial charge in [-0.25, -0.2) is 14.5 Å². The van der Waals surface area contributed by atoms with E-state index >= 15 is 0 Å². The van der Waals surface area contributed by atoms with Gasteiger partial charge < -0.3 is 5.32 Å². The second kappa shape index (κ2) is 4.48. The Morgan fingerprint density at radius 3 is 2.53 bits per heavy atom. The minimum Gasteiger partial charge on any atom is -0.304 e. The summed E-state index contributed by atoms with van der Waals surface area (Å²) >= 11 is 0. The number of nitrogens with one attached hydrogen (secondary N) is 2. The molecular weight excluding hydrogens is 196 g/mol. The molecule has 1 heterocycles. The normalized spacial score (nSPS) is 22.3. The molecule has 1 unspecified atom stereocenters. The Bertz CT molecular complexity index is 267. The van der Waals surface area contributed by atoms with E-state index in [4.69, 9.17) is 0 Å². The van der Waals surface area contributed by atoms with Gasteiger partial charge in [-0.15, -0.1) is 0 Å². The lowest BCUT2D eigenvalue weighted by Gasteiger charge is -2.40. The number of imide groups is 1. The zero-order valence-corrected chi connectivity index (χ0v) is 9.57. The fraction of sp³-hybridized carbons (Fsp3) is 0.778. The molecule has 2 N–H and O–H groups in total. The Morgan fingerprint density at radius 1 is 1.47 bits per heavy atom. The predicted molar refractivity (Wildman–Crippen MR) is 56.1 cm³/mol. The molecule has 0 aliphatic carbocycles. The maximum atomic E-state index is 11.8. The zero-order chi connectivity index (χ0) is 11.6. The lowest BCUT2D eigenvalue weighted by molar-refractivity contribution is 0.0954. The van der Waals surface area contributed by atoms with Crippen molar-refractivity contribution in [2.75, 3.05) is 13.6 Å². The number of rotatable bonds is 3. The van der Waals surface area contributed by atoms with Gasteiger partial charge >= 0.3 is 12.1 Å². The third-order valence-electron chi connectivity index (χ3n) is 2.29. The fourth-order valence-electron chi connectivity index (χ4n) is 1.49. The van der Waals surface area contributed by atoms with Gasteiger partial charge in [-0.2, -0.15) is 0 Å². The standard InChI is InChI=1S/C9H18N4O2/c1-5-10-7-11-8(14)13(6(2)3)9(15)12(7)4/h6-7,10H,5H2,1-4H3,(H,11,14). The van der Waals surface area contributed by atoms with Crippen molar-refractivity contribution >= 4 is 12.1 Å². The van der Waals surface area contributed by atoms with E-state index in [0.717, 1.165) is 0 Å². The van der Waals surface area contributed by atoms with Gasteiger partial charge in [0.2, 0.25) is 0 Å². The largest absolute Gasteiger partial charge is 0.330 e. The molecule has 1 saturated heterocycles. The van der Waals surface area contributed by atoms with Gasteiger partial charge in [0, 0.05) is 13.1 Å². The molecule has 0 aromatic carbocycles. The Kier molecular flexibility index (Phi) is 3.52.